The van der Waals surface area contributed by atoms with Gasteiger partial charge < -0.3 is 14.4 Å². The van der Waals surface area contributed by atoms with Crippen molar-refractivity contribution in [1.82, 2.24) is 14.5 Å². The lowest BCUT2D eigenvalue weighted by Gasteiger charge is -2.36. The second kappa shape index (κ2) is 10.3. The van der Waals surface area contributed by atoms with Crippen molar-refractivity contribution in [2.75, 3.05) is 32.2 Å². The molecule has 2 aliphatic rings. The van der Waals surface area contributed by atoms with Gasteiger partial charge in [0.15, 0.2) is 6.29 Å². The number of aromatic nitrogens is 2. The van der Waals surface area contributed by atoms with Crippen LogP contribution in [0.2, 0.25) is 0 Å². The van der Waals surface area contributed by atoms with Gasteiger partial charge in [-0.15, -0.1) is 0 Å². The fraction of sp³-hybridized carbons (Fsp3) is 0.609. The Hall–Kier alpha value is -2.65. The number of nitrogens with one attached hydrogen (secondary N) is 1. The number of piperidine rings is 2. The minimum absolute atomic E-state index is 0. The number of carbonyl (C=O) groups is 2. The van der Waals surface area contributed by atoms with E-state index >= 15 is 0 Å². The summed E-state index contributed by atoms with van der Waals surface area (Å²) in [6, 6.07) is 5.23. The Bertz CT molecular complexity index is 1020. The highest BCUT2D eigenvalue weighted by molar-refractivity contribution is 6.00. The third-order valence-corrected chi connectivity index (χ3v) is 6.35. The topological polar surface area (TPSA) is 94.8 Å². The van der Waals surface area contributed by atoms with Gasteiger partial charge in [0.1, 0.15) is 6.04 Å². The normalized spacial score (nSPS) is 19.8. The molecule has 1 aromatic carbocycles. The average Bonchev–Trinajstić information content (AvgIpc) is 3.06. The Balaban J connectivity index is 0.00000125. The third-order valence-electron chi connectivity index (χ3n) is 6.35. The smallest absolute Gasteiger partial charge is 0.329 e. The molecule has 0 radical (unpaired) electrons. The van der Waals surface area contributed by atoms with Crippen LogP contribution in [-0.4, -0.2) is 54.5 Å². The molecule has 9 nitrogen and oxygen atoms in total. The molecule has 0 spiro atoms. The van der Waals surface area contributed by atoms with Crippen molar-refractivity contribution in [2.24, 2.45) is 13.0 Å². The van der Waals surface area contributed by atoms with Gasteiger partial charge in [-0.1, -0.05) is 13.8 Å². The molecule has 4 rings (SSSR count). The van der Waals surface area contributed by atoms with Crippen molar-refractivity contribution in [3.8, 4) is 0 Å². The van der Waals surface area contributed by atoms with Crippen LogP contribution in [0, 0.1) is 5.92 Å². The number of amides is 2. The van der Waals surface area contributed by atoms with E-state index in [1.165, 1.54) is 4.57 Å². The van der Waals surface area contributed by atoms with E-state index < -0.39 is 11.9 Å². The molecule has 0 aliphatic carbocycles. The average molecular weight is 449 g/mol. The van der Waals surface area contributed by atoms with Gasteiger partial charge in [-0.25, -0.2) is 4.79 Å². The van der Waals surface area contributed by atoms with Crippen molar-refractivity contribution >= 4 is 28.5 Å². The molecule has 1 N–H and O–H groups in total. The first-order valence-electron chi connectivity index (χ1n) is 11.3. The number of hydrogen-bond donors (Lipinski definition) is 1. The van der Waals surface area contributed by atoms with Crippen LogP contribution in [0.5, 0.6) is 0 Å². The zero-order valence-electron chi connectivity index (χ0n) is 19.6. The number of imidazole rings is 1. The Morgan fingerprint density at radius 3 is 2.28 bits per heavy atom. The molecule has 2 amide bonds. The fourth-order valence-electron chi connectivity index (χ4n) is 4.69. The van der Waals surface area contributed by atoms with Crippen LogP contribution in [0.1, 0.15) is 47.0 Å². The van der Waals surface area contributed by atoms with Gasteiger partial charge in [0, 0.05) is 53.8 Å². The molecule has 2 fully saturated rings. The van der Waals surface area contributed by atoms with Crippen molar-refractivity contribution < 1.29 is 20.5 Å². The largest absolute Gasteiger partial charge is 0.371 e. The summed E-state index contributed by atoms with van der Waals surface area (Å²) in [5.74, 6) is -0.352. The molecule has 0 saturated carbocycles. The maximum absolute atomic E-state index is 12.9. The Labute approximate surface area is 189 Å². The number of rotatable bonds is 5. The van der Waals surface area contributed by atoms with E-state index in [1.54, 1.807) is 25.8 Å². The third kappa shape index (κ3) is 4.45. The molecule has 2 aliphatic heterocycles. The summed E-state index contributed by atoms with van der Waals surface area (Å²) in [6.45, 7) is 5.75. The minimum atomic E-state index is -0.666. The number of aryl methyl sites for hydroxylation is 1. The summed E-state index contributed by atoms with van der Waals surface area (Å²) in [7, 11) is 5.05. The van der Waals surface area contributed by atoms with Crippen LogP contribution in [0.15, 0.2) is 23.0 Å². The van der Waals surface area contributed by atoms with Crippen LogP contribution in [0.25, 0.3) is 11.0 Å². The number of benzene rings is 1. The van der Waals surface area contributed by atoms with E-state index in [4.69, 9.17) is 9.47 Å². The zero-order valence-corrected chi connectivity index (χ0v) is 19.6. The number of nitrogens with zero attached hydrogens (tertiary/aromatic N) is 3. The lowest BCUT2D eigenvalue weighted by molar-refractivity contribution is -0.141. The maximum atomic E-state index is 12.9. The number of imide groups is 1. The van der Waals surface area contributed by atoms with Gasteiger partial charge in [-0.3, -0.25) is 24.0 Å². The van der Waals surface area contributed by atoms with Crippen LogP contribution >= 0.6 is 0 Å². The van der Waals surface area contributed by atoms with Gasteiger partial charge in [-0.05, 0) is 37.5 Å². The molecule has 9 heteroatoms. The first-order valence-corrected chi connectivity index (χ1v) is 11.3. The highest BCUT2D eigenvalue weighted by Gasteiger charge is 2.32. The SMILES string of the molecule is CC.COC(OC)C1CCN(c2ccc3c(c2)n(C)c(=O)n3C2CCC(=O)NC2=O)CC1.[HH]. The second-order valence-electron chi connectivity index (χ2n) is 8.02. The monoisotopic (exact) mass is 448 g/mol. The molecule has 2 saturated heterocycles. The summed E-state index contributed by atoms with van der Waals surface area (Å²) >= 11 is 0. The number of hydrogen-bond acceptors (Lipinski definition) is 6. The van der Waals surface area contributed by atoms with Crippen molar-refractivity contribution in [3.63, 3.8) is 0 Å². The highest BCUT2D eigenvalue weighted by atomic mass is 16.7. The van der Waals surface area contributed by atoms with E-state index in [9.17, 15) is 14.4 Å². The van der Waals surface area contributed by atoms with Gasteiger partial charge in [0.25, 0.3) is 0 Å². The standard InChI is InChI=1S/C21H28N4O5.C2H6.H2/c1-23-17-12-14(24-10-8-13(9-11-24)20(29-2)30-3)4-5-15(17)25(21(23)28)16-6-7-18(26)22-19(16)27;1-2;/h4-5,12-13,16,20H,6-11H2,1-3H3,(H,22,26,27);1-2H3;1H. The molecule has 0 bridgehead atoms. The maximum Gasteiger partial charge on any atom is 0.329 e. The Morgan fingerprint density at radius 2 is 1.69 bits per heavy atom. The van der Waals surface area contributed by atoms with E-state index in [0.717, 1.165) is 37.1 Å². The van der Waals surface area contributed by atoms with Crippen LogP contribution in [0.3, 0.4) is 0 Å². The quantitative estimate of drug-likeness (QED) is 0.558. The lowest BCUT2D eigenvalue weighted by atomic mass is 9.95. The molecule has 178 valence electrons. The first-order chi connectivity index (χ1) is 15.4. The number of methoxy groups -OCH3 is 2. The molecular weight excluding hydrogens is 412 g/mol. The summed E-state index contributed by atoms with van der Waals surface area (Å²) in [4.78, 5) is 39.0. The molecule has 32 heavy (non-hydrogen) atoms. The first kappa shape index (κ1) is 24.0. The fourth-order valence-corrected chi connectivity index (χ4v) is 4.69. The lowest BCUT2D eigenvalue weighted by Crippen LogP contribution is -2.44. The van der Waals surface area contributed by atoms with Gasteiger partial charge in [-0.2, -0.15) is 0 Å². The van der Waals surface area contributed by atoms with Crippen molar-refractivity contribution in [3.05, 3.63) is 28.7 Å². The van der Waals surface area contributed by atoms with Crippen LogP contribution < -0.4 is 15.9 Å². The summed E-state index contributed by atoms with van der Waals surface area (Å²) in [5, 5.41) is 2.34. The van der Waals surface area contributed by atoms with Crippen molar-refractivity contribution in [1.29, 1.82) is 0 Å². The van der Waals surface area contributed by atoms with Gasteiger partial charge in [0.2, 0.25) is 11.8 Å². The summed E-state index contributed by atoms with van der Waals surface area (Å²) < 4.78 is 13.9. The molecule has 1 unspecified atom stereocenters. The Kier molecular flexibility index (Phi) is 7.73. The van der Waals surface area contributed by atoms with E-state index in [1.807, 2.05) is 32.0 Å². The summed E-state index contributed by atoms with van der Waals surface area (Å²) in [6.07, 6.45) is 2.30. The van der Waals surface area contributed by atoms with E-state index in [2.05, 4.69) is 10.2 Å². The molecular formula is C23H36N4O5. The Morgan fingerprint density at radius 1 is 1.03 bits per heavy atom. The molecule has 1 aromatic heterocycles. The van der Waals surface area contributed by atoms with Crippen LogP contribution in [0.4, 0.5) is 5.69 Å². The summed E-state index contributed by atoms with van der Waals surface area (Å²) in [5.41, 5.74) is 2.27. The predicted molar refractivity (Wildman–Crippen MR) is 125 cm³/mol. The van der Waals surface area contributed by atoms with Crippen LogP contribution in [-0.2, 0) is 26.1 Å². The van der Waals surface area contributed by atoms with Crippen molar-refractivity contribution in [2.45, 2.75) is 51.9 Å². The number of anilines is 1. The van der Waals surface area contributed by atoms with E-state index in [-0.39, 0.29) is 25.7 Å². The minimum Gasteiger partial charge on any atom is -0.371 e. The highest BCUT2D eigenvalue weighted by Crippen LogP contribution is 2.30. The molecule has 2 aromatic rings. The predicted octanol–water partition coefficient (Wildman–Crippen LogP) is 2.43. The number of carbonyl (C=O) groups excluding carboxylic acids is 2. The van der Waals surface area contributed by atoms with Gasteiger partial charge in [0.05, 0.1) is 11.0 Å². The zero-order chi connectivity index (χ0) is 23.4. The number of ether oxygens (including phenoxy) is 2. The number of fused-ring (bicyclic) bond motifs is 1. The molecule has 1 atom stereocenters. The van der Waals surface area contributed by atoms with Gasteiger partial charge >= 0.3 is 5.69 Å². The molecule has 3 heterocycles. The van der Waals surface area contributed by atoms with E-state index in [0.29, 0.717) is 17.9 Å². The second-order valence-corrected chi connectivity index (χ2v) is 8.02.